The highest BCUT2D eigenvalue weighted by Crippen LogP contribution is 2.21. The maximum Gasteiger partial charge on any atom is 0.253 e. The van der Waals surface area contributed by atoms with Crippen LogP contribution >= 0.6 is 11.8 Å². The molecule has 110 valence electrons. The Morgan fingerprint density at radius 2 is 2.30 bits per heavy atom. The number of nitrogens with zero attached hydrogens (tertiary/aromatic N) is 1. The van der Waals surface area contributed by atoms with E-state index in [9.17, 15) is 14.3 Å². The topological polar surface area (TPSA) is 40.5 Å². The summed E-state index contributed by atoms with van der Waals surface area (Å²) in [5, 5.41) is 9.87. The first kappa shape index (κ1) is 15.3. The van der Waals surface area contributed by atoms with Gasteiger partial charge in [0, 0.05) is 24.4 Å². The van der Waals surface area contributed by atoms with Gasteiger partial charge in [-0.05, 0) is 42.4 Å². The highest BCUT2D eigenvalue weighted by molar-refractivity contribution is 7.97. The Kier molecular flexibility index (Phi) is 5.05. The summed E-state index contributed by atoms with van der Waals surface area (Å²) >= 11 is 1.52. The van der Waals surface area contributed by atoms with Crippen molar-refractivity contribution in [1.29, 1.82) is 0 Å². The summed E-state index contributed by atoms with van der Waals surface area (Å²) in [7, 11) is 0. The Labute approximate surface area is 123 Å². The minimum atomic E-state index is -0.473. The van der Waals surface area contributed by atoms with Crippen molar-refractivity contribution in [2.75, 3.05) is 19.3 Å². The molecule has 0 saturated carbocycles. The molecule has 0 radical (unpaired) electrons. The molecule has 5 heteroatoms. The standard InChI is InChI=1S/C15H20FNO2S/c1-10-5-6-17(8-14(10)18)15(19)11-3-4-13(16)12(7-11)9-20-2/h3-4,7,10,14,18H,5-6,8-9H2,1-2H3. The van der Waals surface area contributed by atoms with Gasteiger partial charge in [0.25, 0.3) is 5.91 Å². The van der Waals surface area contributed by atoms with Gasteiger partial charge in [-0.15, -0.1) is 0 Å². The number of benzene rings is 1. The summed E-state index contributed by atoms with van der Waals surface area (Å²) in [6.07, 6.45) is 2.22. The molecule has 1 aliphatic heterocycles. The van der Waals surface area contributed by atoms with Gasteiger partial charge in [0.15, 0.2) is 0 Å². The molecule has 3 nitrogen and oxygen atoms in total. The molecule has 1 amide bonds. The largest absolute Gasteiger partial charge is 0.391 e. The lowest BCUT2D eigenvalue weighted by Crippen LogP contribution is -2.45. The summed E-state index contributed by atoms with van der Waals surface area (Å²) < 4.78 is 13.6. The van der Waals surface area contributed by atoms with Crippen LogP contribution in [-0.2, 0) is 5.75 Å². The lowest BCUT2D eigenvalue weighted by molar-refractivity contribution is 0.0248. The average molecular weight is 297 g/mol. The Morgan fingerprint density at radius 3 is 2.95 bits per heavy atom. The van der Waals surface area contributed by atoms with Crippen molar-refractivity contribution in [1.82, 2.24) is 4.90 Å². The van der Waals surface area contributed by atoms with Crippen LogP contribution in [0, 0.1) is 11.7 Å². The number of piperidine rings is 1. The van der Waals surface area contributed by atoms with Crippen molar-refractivity contribution in [2.45, 2.75) is 25.2 Å². The molecule has 1 aromatic rings. The molecule has 0 aliphatic carbocycles. The van der Waals surface area contributed by atoms with E-state index < -0.39 is 6.10 Å². The lowest BCUT2D eigenvalue weighted by atomic mass is 9.95. The van der Waals surface area contributed by atoms with Crippen LogP contribution in [-0.4, -0.2) is 41.4 Å². The SMILES string of the molecule is CSCc1cc(C(=O)N2CCC(C)C(O)C2)ccc1F. The van der Waals surface area contributed by atoms with Gasteiger partial charge in [0.1, 0.15) is 5.82 Å². The number of carbonyl (C=O) groups excluding carboxylic acids is 1. The number of thioether (sulfide) groups is 1. The second kappa shape index (κ2) is 6.59. The van der Waals surface area contributed by atoms with Gasteiger partial charge in [-0.2, -0.15) is 11.8 Å². The number of β-amino-alcohol motifs (C(OH)–C–C–N with tert-alkyl or cyclic N) is 1. The normalized spacial score (nSPS) is 22.9. The van der Waals surface area contributed by atoms with E-state index in [-0.39, 0.29) is 17.6 Å². The zero-order valence-corrected chi connectivity index (χ0v) is 12.6. The Balaban J connectivity index is 2.15. The molecule has 1 saturated heterocycles. The third-order valence-electron chi connectivity index (χ3n) is 3.80. The zero-order valence-electron chi connectivity index (χ0n) is 11.8. The van der Waals surface area contributed by atoms with Crippen molar-refractivity contribution in [2.24, 2.45) is 5.92 Å². The average Bonchev–Trinajstić information content (AvgIpc) is 2.44. The molecule has 1 N–H and O–H groups in total. The smallest absolute Gasteiger partial charge is 0.253 e. The van der Waals surface area contributed by atoms with E-state index in [2.05, 4.69) is 0 Å². The van der Waals surface area contributed by atoms with E-state index in [1.54, 1.807) is 11.0 Å². The molecule has 1 fully saturated rings. The highest BCUT2D eigenvalue weighted by atomic mass is 32.2. The third-order valence-corrected chi connectivity index (χ3v) is 4.40. The van der Waals surface area contributed by atoms with E-state index in [1.807, 2.05) is 13.2 Å². The first-order valence-corrected chi connectivity index (χ1v) is 8.17. The highest BCUT2D eigenvalue weighted by Gasteiger charge is 2.28. The van der Waals surface area contributed by atoms with Crippen LogP contribution in [0.3, 0.4) is 0 Å². The number of hydrogen-bond acceptors (Lipinski definition) is 3. The maximum atomic E-state index is 13.6. The van der Waals surface area contributed by atoms with Crippen LogP contribution in [0.4, 0.5) is 4.39 Å². The van der Waals surface area contributed by atoms with E-state index in [0.717, 1.165) is 6.42 Å². The van der Waals surface area contributed by atoms with Crippen LogP contribution in [0.15, 0.2) is 18.2 Å². The van der Waals surface area contributed by atoms with Crippen molar-refractivity contribution in [3.8, 4) is 0 Å². The molecule has 0 bridgehead atoms. The summed E-state index contributed by atoms with van der Waals surface area (Å²) in [5.74, 6) is 0.368. The van der Waals surface area contributed by atoms with Crippen LogP contribution in [0.1, 0.15) is 29.3 Å². The van der Waals surface area contributed by atoms with Crippen molar-refractivity contribution in [3.05, 3.63) is 35.1 Å². The van der Waals surface area contributed by atoms with Crippen LogP contribution in [0.5, 0.6) is 0 Å². The first-order chi connectivity index (χ1) is 9.52. The molecule has 20 heavy (non-hydrogen) atoms. The van der Waals surface area contributed by atoms with Crippen molar-refractivity contribution < 1.29 is 14.3 Å². The molecule has 0 spiro atoms. The molecular formula is C15H20FNO2S. The van der Waals surface area contributed by atoms with Crippen LogP contribution < -0.4 is 0 Å². The maximum absolute atomic E-state index is 13.6. The van der Waals surface area contributed by atoms with Crippen molar-refractivity contribution in [3.63, 3.8) is 0 Å². The van der Waals surface area contributed by atoms with Gasteiger partial charge < -0.3 is 10.0 Å². The fraction of sp³-hybridized carbons (Fsp3) is 0.533. The van der Waals surface area contributed by atoms with Gasteiger partial charge in [0.2, 0.25) is 0 Å². The van der Waals surface area contributed by atoms with Gasteiger partial charge in [-0.1, -0.05) is 6.92 Å². The Hall–Kier alpha value is -1.07. The monoisotopic (exact) mass is 297 g/mol. The summed E-state index contributed by atoms with van der Waals surface area (Å²) in [5.41, 5.74) is 1.05. The second-order valence-electron chi connectivity index (χ2n) is 5.32. The quantitative estimate of drug-likeness (QED) is 0.932. The molecule has 1 heterocycles. The number of likely N-dealkylation sites (tertiary alicyclic amines) is 1. The first-order valence-electron chi connectivity index (χ1n) is 6.77. The number of rotatable bonds is 3. The minimum absolute atomic E-state index is 0.127. The van der Waals surface area contributed by atoms with Gasteiger partial charge >= 0.3 is 0 Å². The molecular weight excluding hydrogens is 277 g/mol. The lowest BCUT2D eigenvalue weighted by Gasteiger charge is -2.34. The number of aliphatic hydroxyl groups excluding tert-OH is 1. The molecule has 1 aliphatic rings. The van der Waals surface area contributed by atoms with E-state index in [4.69, 9.17) is 0 Å². The fourth-order valence-electron chi connectivity index (χ4n) is 2.39. The number of carbonyl (C=O) groups is 1. The summed E-state index contributed by atoms with van der Waals surface area (Å²) in [6, 6.07) is 4.49. The van der Waals surface area contributed by atoms with E-state index in [0.29, 0.717) is 30.0 Å². The second-order valence-corrected chi connectivity index (χ2v) is 6.19. The van der Waals surface area contributed by atoms with Gasteiger partial charge in [-0.25, -0.2) is 4.39 Å². The van der Waals surface area contributed by atoms with E-state index in [1.165, 1.54) is 23.9 Å². The van der Waals surface area contributed by atoms with Gasteiger partial charge in [-0.3, -0.25) is 4.79 Å². The molecule has 2 unspecified atom stereocenters. The fourth-order valence-corrected chi connectivity index (χ4v) is 2.92. The van der Waals surface area contributed by atoms with Crippen molar-refractivity contribution >= 4 is 17.7 Å². The molecule has 2 atom stereocenters. The number of hydrogen-bond donors (Lipinski definition) is 1. The molecule has 0 aromatic heterocycles. The number of aliphatic hydroxyl groups is 1. The minimum Gasteiger partial charge on any atom is -0.391 e. The molecule has 1 aromatic carbocycles. The third kappa shape index (κ3) is 3.33. The Morgan fingerprint density at radius 1 is 1.55 bits per heavy atom. The molecule has 2 rings (SSSR count). The van der Waals surface area contributed by atoms with E-state index >= 15 is 0 Å². The zero-order chi connectivity index (χ0) is 14.7. The predicted molar refractivity (Wildman–Crippen MR) is 79.3 cm³/mol. The predicted octanol–water partition coefficient (Wildman–Crippen LogP) is 2.53. The van der Waals surface area contributed by atoms with Gasteiger partial charge in [0.05, 0.1) is 6.10 Å². The van der Waals surface area contributed by atoms with Crippen LogP contribution in [0.25, 0.3) is 0 Å². The summed E-state index contributed by atoms with van der Waals surface area (Å²) in [6.45, 7) is 2.99. The Bertz CT molecular complexity index is 495. The number of amides is 1. The van der Waals surface area contributed by atoms with Crippen LogP contribution in [0.2, 0.25) is 0 Å². The summed E-state index contributed by atoms with van der Waals surface area (Å²) in [4.78, 5) is 14.1. The number of halogens is 1.